The number of aryl methyl sites for hydroxylation is 1. The van der Waals surface area contributed by atoms with Gasteiger partial charge in [0, 0.05) is 23.7 Å². The number of carbonyl (C=O) groups excluding carboxylic acids is 1. The minimum Gasteiger partial charge on any atom is -0.367 e. The van der Waals surface area contributed by atoms with Crippen molar-refractivity contribution in [2.24, 2.45) is 0 Å². The minimum atomic E-state index is -1.59. The molecule has 2 aromatic rings. The summed E-state index contributed by atoms with van der Waals surface area (Å²) < 4.78 is 39.5. The lowest BCUT2D eigenvalue weighted by Gasteiger charge is -2.30. The zero-order chi connectivity index (χ0) is 19.6. The van der Waals surface area contributed by atoms with Gasteiger partial charge in [0.25, 0.3) is 5.91 Å². The number of carbonyl (C=O) groups is 1. The lowest BCUT2D eigenvalue weighted by Crippen LogP contribution is -2.40. The summed E-state index contributed by atoms with van der Waals surface area (Å²) in [4.78, 5) is 20.5. The lowest BCUT2D eigenvalue weighted by molar-refractivity contribution is 0.0925. The maximum atomic E-state index is 13.3. The fourth-order valence-electron chi connectivity index (χ4n) is 3.15. The normalized spacial score (nSPS) is 19.6. The van der Waals surface area contributed by atoms with Crippen molar-refractivity contribution in [1.82, 2.24) is 15.3 Å². The summed E-state index contributed by atoms with van der Waals surface area (Å²) in [5, 5.41) is 6.41. The number of nitrogens with one attached hydrogen (secondary N) is 2. The largest absolute Gasteiger partial charge is 0.367 e. The Balaban J connectivity index is 1.54. The topological polar surface area (TPSA) is 66.9 Å². The molecule has 0 atom stereocenters. The zero-order valence-electron chi connectivity index (χ0n) is 14.5. The Kier molecular flexibility index (Phi) is 5.84. The number of aromatic nitrogens is 2. The highest BCUT2D eigenvalue weighted by Crippen LogP contribution is 2.23. The van der Waals surface area contributed by atoms with Gasteiger partial charge in [-0.3, -0.25) is 4.79 Å². The second-order valence-corrected chi connectivity index (χ2v) is 6.93. The molecule has 1 aromatic heterocycles. The third-order valence-corrected chi connectivity index (χ3v) is 4.66. The van der Waals surface area contributed by atoms with Crippen LogP contribution in [0.25, 0.3) is 0 Å². The molecule has 27 heavy (non-hydrogen) atoms. The molecule has 1 aromatic carbocycles. The van der Waals surface area contributed by atoms with Gasteiger partial charge >= 0.3 is 0 Å². The Morgan fingerprint density at radius 2 is 1.63 bits per heavy atom. The van der Waals surface area contributed by atoms with Crippen molar-refractivity contribution in [3.63, 3.8) is 0 Å². The number of hydrogen-bond acceptors (Lipinski definition) is 4. The summed E-state index contributed by atoms with van der Waals surface area (Å²) in [5.41, 5.74) is -0.238. The minimum absolute atomic E-state index is 0.123. The van der Waals surface area contributed by atoms with Gasteiger partial charge in [0.05, 0.1) is 0 Å². The van der Waals surface area contributed by atoms with E-state index in [1.165, 1.54) is 0 Å². The van der Waals surface area contributed by atoms with Crippen LogP contribution >= 0.6 is 11.6 Å². The fraction of sp³-hybridized carbons (Fsp3) is 0.389. The fourth-order valence-corrected chi connectivity index (χ4v) is 3.38. The van der Waals surface area contributed by atoms with Crippen LogP contribution in [0.15, 0.2) is 18.2 Å². The molecule has 0 bridgehead atoms. The molecule has 0 aliphatic heterocycles. The van der Waals surface area contributed by atoms with Crippen molar-refractivity contribution in [2.75, 3.05) is 5.32 Å². The van der Waals surface area contributed by atoms with Gasteiger partial charge < -0.3 is 10.6 Å². The average Bonchev–Trinajstić information content (AvgIpc) is 2.60. The average molecular weight is 399 g/mol. The second kappa shape index (κ2) is 8.12. The van der Waals surface area contributed by atoms with E-state index in [9.17, 15) is 18.0 Å². The molecule has 1 amide bonds. The zero-order valence-corrected chi connectivity index (χ0v) is 15.3. The maximum absolute atomic E-state index is 13.3. The molecule has 1 heterocycles. The first kappa shape index (κ1) is 19.4. The molecule has 0 radical (unpaired) electrons. The van der Waals surface area contributed by atoms with Crippen LogP contribution in [-0.2, 0) is 0 Å². The predicted molar refractivity (Wildman–Crippen MR) is 95.2 cm³/mol. The number of halogens is 4. The summed E-state index contributed by atoms with van der Waals surface area (Å²) in [6.07, 6.45) is 2.93. The number of nitrogens with zero attached hydrogens (tertiary/aromatic N) is 2. The Morgan fingerprint density at radius 3 is 2.22 bits per heavy atom. The lowest BCUT2D eigenvalue weighted by atomic mass is 9.91. The molecule has 144 valence electrons. The SMILES string of the molecule is Cc1nc(Cl)cc(N[C@H]2CC[C@@H](NC(=O)c3cc(F)c(F)c(F)c3)CC2)n1. The quantitative estimate of drug-likeness (QED) is 0.603. The molecule has 2 N–H and O–H groups in total. The molecule has 9 heteroatoms. The highest BCUT2D eigenvalue weighted by atomic mass is 35.5. The van der Waals surface area contributed by atoms with Gasteiger partial charge in [-0.25, -0.2) is 23.1 Å². The van der Waals surface area contributed by atoms with Gasteiger partial charge in [-0.05, 0) is 44.7 Å². The van der Waals surface area contributed by atoms with Crippen LogP contribution in [0.5, 0.6) is 0 Å². The highest BCUT2D eigenvalue weighted by Gasteiger charge is 2.24. The van der Waals surface area contributed by atoms with E-state index in [1.54, 1.807) is 13.0 Å². The van der Waals surface area contributed by atoms with E-state index in [1.807, 2.05) is 0 Å². The first-order valence-corrected chi connectivity index (χ1v) is 8.92. The summed E-state index contributed by atoms with van der Waals surface area (Å²) in [5.74, 6) is -3.75. The number of anilines is 1. The third-order valence-electron chi connectivity index (χ3n) is 4.47. The van der Waals surface area contributed by atoms with E-state index >= 15 is 0 Å². The third kappa shape index (κ3) is 4.88. The van der Waals surface area contributed by atoms with Crippen LogP contribution < -0.4 is 10.6 Å². The number of benzene rings is 1. The highest BCUT2D eigenvalue weighted by molar-refractivity contribution is 6.29. The van der Waals surface area contributed by atoms with Crippen molar-refractivity contribution in [3.8, 4) is 0 Å². The molecule has 1 saturated carbocycles. The molecule has 0 saturated heterocycles. The van der Waals surface area contributed by atoms with Crippen molar-refractivity contribution in [3.05, 3.63) is 52.2 Å². The molecule has 1 fully saturated rings. The smallest absolute Gasteiger partial charge is 0.251 e. The van der Waals surface area contributed by atoms with E-state index in [2.05, 4.69) is 20.6 Å². The summed E-state index contributed by atoms with van der Waals surface area (Å²) in [6.45, 7) is 1.75. The molecule has 1 aliphatic rings. The van der Waals surface area contributed by atoms with Crippen molar-refractivity contribution < 1.29 is 18.0 Å². The first-order chi connectivity index (χ1) is 12.8. The monoisotopic (exact) mass is 398 g/mol. The molecule has 1 aliphatic carbocycles. The Labute approximate surface area is 159 Å². The number of amides is 1. The van der Waals surface area contributed by atoms with Gasteiger partial charge in [0.15, 0.2) is 17.5 Å². The van der Waals surface area contributed by atoms with Crippen molar-refractivity contribution in [2.45, 2.75) is 44.7 Å². The van der Waals surface area contributed by atoms with Gasteiger partial charge in [-0.15, -0.1) is 0 Å². The van der Waals surface area contributed by atoms with E-state index in [0.717, 1.165) is 12.8 Å². The molecule has 3 rings (SSSR count). The van der Waals surface area contributed by atoms with Crippen LogP contribution in [0.1, 0.15) is 41.9 Å². The van der Waals surface area contributed by atoms with Gasteiger partial charge in [0.1, 0.15) is 16.8 Å². The number of rotatable bonds is 4. The van der Waals surface area contributed by atoms with Crippen LogP contribution in [0.3, 0.4) is 0 Å². The molecule has 0 unspecified atom stereocenters. The van der Waals surface area contributed by atoms with Crippen LogP contribution in [-0.4, -0.2) is 28.0 Å². The molecule has 0 spiro atoms. The van der Waals surface area contributed by atoms with Crippen LogP contribution in [0.2, 0.25) is 5.15 Å². The Hall–Kier alpha value is -2.35. The molecule has 5 nitrogen and oxygen atoms in total. The Morgan fingerprint density at radius 1 is 1.04 bits per heavy atom. The van der Waals surface area contributed by atoms with Crippen LogP contribution in [0, 0.1) is 24.4 Å². The maximum Gasteiger partial charge on any atom is 0.251 e. The first-order valence-electron chi connectivity index (χ1n) is 8.55. The van der Waals surface area contributed by atoms with Gasteiger partial charge in [0.2, 0.25) is 0 Å². The van der Waals surface area contributed by atoms with E-state index in [0.29, 0.717) is 41.8 Å². The summed E-state index contributed by atoms with van der Waals surface area (Å²) in [6, 6.07) is 3.09. The van der Waals surface area contributed by atoms with Gasteiger partial charge in [-0.1, -0.05) is 11.6 Å². The molecular formula is C18H18ClF3N4O. The van der Waals surface area contributed by atoms with E-state index in [4.69, 9.17) is 11.6 Å². The van der Waals surface area contributed by atoms with Crippen molar-refractivity contribution in [1.29, 1.82) is 0 Å². The Bertz CT molecular complexity index is 813. The standard InChI is InChI=1S/C18H18ClF3N4O/c1-9-23-15(19)8-16(24-9)25-11-2-4-12(5-3-11)26-18(27)10-6-13(20)17(22)14(21)7-10/h6-8,11-12H,2-5H2,1H3,(H,26,27)(H,23,24,25)/t11-,12+. The number of hydrogen-bond donors (Lipinski definition) is 2. The predicted octanol–water partition coefficient (Wildman–Crippen LogP) is 4.01. The van der Waals surface area contributed by atoms with Crippen molar-refractivity contribution >= 4 is 23.3 Å². The molecular weight excluding hydrogens is 381 g/mol. The van der Waals surface area contributed by atoms with E-state index in [-0.39, 0.29) is 17.6 Å². The summed E-state index contributed by atoms with van der Waals surface area (Å²) >= 11 is 5.92. The van der Waals surface area contributed by atoms with Gasteiger partial charge in [-0.2, -0.15) is 0 Å². The van der Waals surface area contributed by atoms with E-state index < -0.39 is 23.4 Å². The summed E-state index contributed by atoms with van der Waals surface area (Å²) in [7, 11) is 0. The second-order valence-electron chi connectivity index (χ2n) is 6.54. The van der Waals surface area contributed by atoms with Crippen LogP contribution in [0.4, 0.5) is 19.0 Å².